The predicted molar refractivity (Wildman–Crippen MR) is 101 cm³/mol. The lowest BCUT2D eigenvalue weighted by Gasteiger charge is -2.47. The summed E-state index contributed by atoms with van der Waals surface area (Å²) in [6.07, 6.45) is -5.60. The molecule has 0 aromatic rings. The third kappa shape index (κ3) is 6.40. The Morgan fingerprint density at radius 3 is 1.87 bits per heavy atom. The summed E-state index contributed by atoms with van der Waals surface area (Å²) in [5.41, 5.74) is 0. The van der Waals surface area contributed by atoms with Gasteiger partial charge >= 0.3 is 23.9 Å². The molecule has 0 unspecified atom stereocenters. The highest BCUT2D eigenvalue weighted by atomic mass is 32.2. The van der Waals surface area contributed by atoms with E-state index >= 15 is 0 Å². The van der Waals surface area contributed by atoms with Gasteiger partial charge in [-0.1, -0.05) is 0 Å². The maximum Gasteiger partial charge on any atom is 0.305 e. The van der Waals surface area contributed by atoms with E-state index in [0.29, 0.717) is 0 Å². The minimum absolute atomic E-state index is 0.0447. The molecule has 0 aromatic carbocycles. The molecule has 0 spiro atoms. The van der Waals surface area contributed by atoms with Gasteiger partial charge in [0.15, 0.2) is 12.2 Å². The van der Waals surface area contributed by atoms with E-state index in [-0.39, 0.29) is 11.5 Å². The van der Waals surface area contributed by atoms with Crippen LogP contribution in [0.4, 0.5) is 0 Å². The second kappa shape index (κ2) is 10.6. The first-order valence-electron chi connectivity index (χ1n) is 9.24. The van der Waals surface area contributed by atoms with Gasteiger partial charge < -0.3 is 23.7 Å². The van der Waals surface area contributed by atoms with Crippen molar-refractivity contribution in [3.05, 3.63) is 0 Å². The fraction of sp³-hybridized carbons (Fsp3) is 0.667. The summed E-state index contributed by atoms with van der Waals surface area (Å²) in [5.74, 6) is -4.40. The van der Waals surface area contributed by atoms with Crippen LogP contribution in [0.15, 0.2) is 0 Å². The number of hydrogen-bond acceptors (Lipinski definition) is 12. The standard InChI is InChI=1S/C18H23NO11S/c1-8(20)26-5-12-16(27-9(2)21)17(28-10(3)22)15(18(30-12)29-11(4)23)19-13(24)6-31-7-14(19)25/h12,15-18H,5-7H2,1-4H3/t12-,15-,16-,17-,18-/m1/s1. The Bertz CT molecular complexity index is 754. The molecular weight excluding hydrogens is 438 g/mol. The minimum atomic E-state index is -1.56. The molecule has 0 aromatic heterocycles. The lowest BCUT2D eigenvalue weighted by Crippen LogP contribution is -2.69. The smallest absolute Gasteiger partial charge is 0.305 e. The highest BCUT2D eigenvalue weighted by Gasteiger charge is 2.56. The topological polar surface area (TPSA) is 152 Å². The number of thioether (sulfide) groups is 1. The normalized spacial score (nSPS) is 28.5. The Labute approximate surface area is 181 Å². The fourth-order valence-corrected chi connectivity index (χ4v) is 3.98. The molecule has 0 saturated carbocycles. The Morgan fingerprint density at radius 2 is 1.39 bits per heavy atom. The Kier molecular flexibility index (Phi) is 8.39. The van der Waals surface area contributed by atoms with Crippen molar-refractivity contribution in [2.24, 2.45) is 0 Å². The molecule has 31 heavy (non-hydrogen) atoms. The third-order valence-electron chi connectivity index (χ3n) is 4.24. The van der Waals surface area contributed by atoms with Crippen LogP contribution >= 0.6 is 11.8 Å². The maximum absolute atomic E-state index is 12.6. The van der Waals surface area contributed by atoms with E-state index in [2.05, 4.69) is 0 Å². The SMILES string of the molecule is CC(=O)OC[C@H]1O[C@@H](OC(C)=O)[C@H](N2C(=O)CSCC2=O)[C@@H](OC(C)=O)[C@@H]1OC(C)=O. The Hall–Kier alpha value is -2.67. The van der Waals surface area contributed by atoms with E-state index in [9.17, 15) is 28.8 Å². The number of esters is 4. The monoisotopic (exact) mass is 461 g/mol. The molecule has 0 aliphatic carbocycles. The third-order valence-corrected chi connectivity index (χ3v) is 5.14. The molecule has 2 aliphatic heterocycles. The van der Waals surface area contributed by atoms with Crippen molar-refractivity contribution in [1.82, 2.24) is 4.90 Å². The summed E-state index contributed by atoms with van der Waals surface area (Å²) in [7, 11) is 0. The molecule has 5 atom stereocenters. The maximum atomic E-state index is 12.6. The summed E-state index contributed by atoms with van der Waals surface area (Å²) in [6, 6.07) is -1.42. The van der Waals surface area contributed by atoms with Crippen molar-refractivity contribution in [1.29, 1.82) is 0 Å². The van der Waals surface area contributed by atoms with Gasteiger partial charge in [-0.3, -0.25) is 33.7 Å². The highest BCUT2D eigenvalue weighted by Crippen LogP contribution is 2.33. The van der Waals surface area contributed by atoms with Crippen molar-refractivity contribution in [3.8, 4) is 0 Å². The van der Waals surface area contributed by atoms with Gasteiger partial charge in [0.25, 0.3) is 0 Å². The number of imide groups is 1. The molecule has 0 radical (unpaired) electrons. The second-order valence-electron chi connectivity index (χ2n) is 6.74. The molecule has 2 heterocycles. The van der Waals surface area contributed by atoms with E-state index in [1.165, 1.54) is 0 Å². The molecule has 2 aliphatic rings. The van der Waals surface area contributed by atoms with E-state index in [1.54, 1.807) is 0 Å². The molecule has 12 nitrogen and oxygen atoms in total. The van der Waals surface area contributed by atoms with Crippen LogP contribution in [-0.2, 0) is 52.5 Å². The molecule has 2 fully saturated rings. The average molecular weight is 461 g/mol. The number of rotatable bonds is 6. The number of nitrogens with zero attached hydrogens (tertiary/aromatic N) is 1. The van der Waals surface area contributed by atoms with E-state index < -0.39 is 72.9 Å². The summed E-state index contributed by atoms with van der Waals surface area (Å²) in [6.45, 7) is 3.95. The van der Waals surface area contributed by atoms with Gasteiger partial charge in [0.2, 0.25) is 18.1 Å². The van der Waals surface area contributed by atoms with Crippen molar-refractivity contribution in [2.75, 3.05) is 18.1 Å². The first kappa shape index (κ1) is 24.6. The zero-order chi connectivity index (χ0) is 23.3. The Balaban J connectivity index is 2.54. The molecule has 0 N–H and O–H groups in total. The zero-order valence-electron chi connectivity index (χ0n) is 17.4. The van der Waals surface area contributed by atoms with Crippen LogP contribution < -0.4 is 0 Å². The summed E-state index contributed by atoms with van der Waals surface area (Å²) < 4.78 is 26.4. The average Bonchev–Trinajstić information content (AvgIpc) is 2.62. The Morgan fingerprint density at radius 1 is 0.871 bits per heavy atom. The molecular formula is C18H23NO11S. The molecule has 2 amide bonds. The van der Waals surface area contributed by atoms with Gasteiger partial charge in [0, 0.05) is 27.7 Å². The molecule has 13 heteroatoms. The molecule has 0 bridgehead atoms. The number of hydrogen-bond donors (Lipinski definition) is 0. The largest absolute Gasteiger partial charge is 0.463 e. The van der Waals surface area contributed by atoms with Gasteiger partial charge in [-0.15, -0.1) is 11.8 Å². The zero-order valence-corrected chi connectivity index (χ0v) is 18.2. The second-order valence-corrected chi connectivity index (χ2v) is 7.73. The van der Waals surface area contributed by atoms with Crippen LogP contribution in [0, 0.1) is 0 Å². The van der Waals surface area contributed by atoms with Crippen LogP contribution in [0.2, 0.25) is 0 Å². The van der Waals surface area contributed by atoms with Crippen LogP contribution in [0.25, 0.3) is 0 Å². The summed E-state index contributed by atoms with van der Waals surface area (Å²) >= 11 is 1.09. The number of ether oxygens (including phenoxy) is 5. The van der Waals surface area contributed by atoms with Crippen molar-refractivity contribution in [2.45, 2.75) is 58.3 Å². The lowest BCUT2D eigenvalue weighted by atomic mass is 9.94. The number of amides is 2. The minimum Gasteiger partial charge on any atom is -0.463 e. The van der Waals surface area contributed by atoms with Crippen LogP contribution in [-0.4, -0.2) is 89.3 Å². The molecule has 2 saturated heterocycles. The fourth-order valence-electron chi connectivity index (χ4n) is 3.25. The van der Waals surface area contributed by atoms with Crippen molar-refractivity contribution in [3.63, 3.8) is 0 Å². The van der Waals surface area contributed by atoms with E-state index in [0.717, 1.165) is 44.4 Å². The van der Waals surface area contributed by atoms with Gasteiger partial charge in [0.1, 0.15) is 18.8 Å². The summed E-state index contributed by atoms with van der Waals surface area (Å²) in [5, 5.41) is 0. The van der Waals surface area contributed by atoms with Gasteiger partial charge in [-0.2, -0.15) is 0 Å². The van der Waals surface area contributed by atoms with Crippen LogP contribution in [0.1, 0.15) is 27.7 Å². The van der Waals surface area contributed by atoms with Crippen molar-refractivity contribution < 1.29 is 52.5 Å². The molecule has 172 valence electrons. The first-order valence-corrected chi connectivity index (χ1v) is 10.4. The van der Waals surface area contributed by atoms with Gasteiger partial charge in [-0.25, -0.2) is 0 Å². The highest BCUT2D eigenvalue weighted by molar-refractivity contribution is 8.00. The molecule has 2 rings (SSSR count). The van der Waals surface area contributed by atoms with Gasteiger partial charge in [0.05, 0.1) is 11.5 Å². The quantitative estimate of drug-likeness (QED) is 0.276. The van der Waals surface area contributed by atoms with Crippen LogP contribution in [0.3, 0.4) is 0 Å². The van der Waals surface area contributed by atoms with Gasteiger partial charge in [-0.05, 0) is 0 Å². The summed E-state index contributed by atoms with van der Waals surface area (Å²) in [4.78, 5) is 72.5. The van der Waals surface area contributed by atoms with E-state index in [1.807, 2.05) is 0 Å². The first-order chi connectivity index (χ1) is 14.5. The predicted octanol–water partition coefficient (Wildman–Crippen LogP) is -0.828. The van der Waals surface area contributed by atoms with E-state index in [4.69, 9.17) is 23.7 Å². The lowest BCUT2D eigenvalue weighted by molar-refractivity contribution is -0.282. The number of carbonyl (C=O) groups is 6. The van der Waals surface area contributed by atoms with Crippen molar-refractivity contribution >= 4 is 47.5 Å². The number of carbonyl (C=O) groups excluding carboxylic acids is 6. The van der Waals surface area contributed by atoms with Crippen LogP contribution in [0.5, 0.6) is 0 Å².